The van der Waals surface area contributed by atoms with Gasteiger partial charge in [0.25, 0.3) is 11.8 Å². The van der Waals surface area contributed by atoms with E-state index >= 15 is 0 Å². The van der Waals surface area contributed by atoms with Gasteiger partial charge in [0.15, 0.2) is 5.01 Å². The number of thiazole rings is 1. The molecule has 40 heavy (non-hydrogen) atoms. The number of nitrogens with one attached hydrogen (secondary N) is 2. The molecule has 1 atom stereocenters. The Hall–Kier alpha value is -2.87. The van der Waals surface area contributed by atoms with E-state index < -0.39 is 35.1 Å². The molecule has 1 saturated heterocycles. The average Bonchev–Trinajstić information content (AvgIpc) is 3.60. The lowest BCUT2D eigenvalue weighted by atomic mass is 10.1. The van der Waals surface area contributed by atoms with Crippen molar-refractivity contribution in [2.75, 3.05) is 25.5 Å². The number of pyridine rings is 1. The van der Waals surface area contributed by atoms with Crippen LogP contribution in [0.15, 0.2) is 12.3 Å². The number of hydrogen-bond acceptors (Lipinski definition) is 7. The maximum Gasteiger partial charge on any atom is 0.417 e. The van der Waals surface area contributed by atoms with E-state index in [2.05, 4.69) is 20.6 Å². The number of carbonyl (C=O) groups is 2. The van der Waals surface area contributed by atoms with E-state index in [-0.39, 0.29) is 52.4 Å². The first kappa shape index (κ1) is 31.7. The van der Waals surface area contributed by atoms with Gasteiger partial charge in [0.1, 0.15) is 11.5 Å². The fourth-order valence-electron chi connectivity index (χ4n) is 4.39. The second-order valence-corrected chi connectivity index (χ2v) is 11.6. The third-order valence-corrected chi connectivity index (χ3v) is 7.65. The molecule has 4 rings (SSSR count). The van der Waals surface area contributed by atoms with Crippen molar-refractivity contribution in [1.82, 2.24) is 20.2 Å². The van der Waals surface area contributed by atoms with Crippen LogP contribution in [0.1, 0.15) is 85.2 Å². The first-order valence-electron chi connectivity index (χ1n) is 13.0. The van der Waals surface area contributed by atoms with E-state index in [1.54, 1.807) is 4.90 Å². The fourth-order valence-corrected chi connectivity index (χ4v) is 5.39. The number of aliphatic hydroxyl groups is 1. The van der Waals surface area contributed by atoms with Crippen LogP contribution in [0.4, 0.5) is 27.8 Å². The molecular weight excluding hydrogens is 557 g/mol. The Labute approximate surface area is 233 Å². The molecule has 8 nitrogen and oxygen atoms in total. The first-order valence-corrected chi connectivity index (χ1v) is 13.8. The third kappa shape index (κ3) is 8.09. The summed E-state index contributed by atoms with van der Waals surface area (Å²) in [5.74, 6) is -3.51. The minimum absolute atomic E-state index is 0.0137. The molecule has 0 spiro atoms. The summed E-state index contributed by atoms with van der Waals surface area (Å²) in [6, 6.07) is 0.766. The van der Waals surface area contributed by atoms with E-state index in [0.29, 0.717) is 30.7 Å². The SMILES string of the molecule is CNc1cc(C(F)(F)F)c(-c2sc(C(=O)NCC(C)(C)O)nc2C(=O)N2CCCC2C)cn1.FC1(F)CCCC1. The van der Waals surface area contributed by atoms with E-state index in [4.69, 9.17) is 0 Å². The van der Waals surface area contributed by atoms with Crippen LogP contribution in [-0.4, -0.2) is 69.5 Å². The topological polar surface area (TPSA) is 107 Å². The molecule has 3 heterocycles. The molecule has 1 aliphatic carbocycles. The second-order valence-electron chi connectivity index (χ2n) is 10.6. The lowest BCUT2D eigenvalue weighted by Crippen LogP contribution is -2.38. The van der Waals surface area contributed by atoms with Crippen molar-refractivity contribution in [3.05, 3.63) is 28.5 Å². The van der Waals surface area contributed by atoms with Crippen LogP contribution in [0.5, 0.6) is 0 Å². The molecule has 2 aromatic rings. The van der Waals surface area contributed by atoms with Gasteiger partial charge in [0, 0.05) is 50.8 Å². The highest BCUT2D eigenvalue weighted by Gasteiger charge is 2.38. The molecule has 2 aliphatic rings. The molecule has 14 heteroatoms. The zero-order valence-electron chi connectivity index (χ0n) is 22.8. The van der Waals surface area contributed by atoms with E-state index in [0.717, 1.165) is 25.1 Å². The van der Waals surface area contributed by atoms with Gasteiger partial charge in [-0.3, -0.25) is 9.59 Å². The quantitative estimate of drug-likeness (QED) is 0.379. The molecule has 1 saturated carbocycles. The van der Waals surface area contributed by atoms with Crippen molar-refractivity contribution in [2.24, 2.45) is 0 Å². The summed E-state index contributed by atoms with van der Waals surface area (Å²) in [5, 5.41) is 14.8. The first-order chi connectivity index (χ1) is 18.5. The third-order valence-electron chi connectivity index (χ3n) is 6.56. The van der Waals surface area contributed by atoms with Gasteiger partial charge < -0.3 is 20.6 Å². The van der Waals surface area contributed by atoms with Crippen molar-refractivity contribution in [3.63, 3.8) is 0 Å². The molecule has 2 amide bonds. The van der Waals surface area contributed by atoms with Gasteiger partial charge in [0.05, 0.1) is 16.0 Å². The van der Waals surface area contributed by atoms with Crippen LogP contribution in [0, 0.1) is 0 Å². The average molecular weight is 592 g/mol. The van der Waals surface area contributed by atoms with Crippen molar-refractivity contribution in [2.45, 2.75) is 83.0 Å². The van der Waals surface area contributed by atoms with Gasteiger partial charge in [-0.15, -0.1) is 11.3 Å². The predicted octanol–water partition coefficient (Wildman–Crippen LogP) is 5.59. The maximum absolute atomic E-state index is 13.9. The highest BCUT2D eigenvalue weighted by molar-refractivity contribution is 7.17. The number of rotatable bonds is 6. The summed E-state index contributed by atoms with van der Waals surface area (Å²) in [4.78, 5) is 35.5. The van der Waals surface area contributed by atoms with Crippen molar-refractivity contribution in [3.8, 4) is 10.4 Å². The highest BCUT2D eigenvalue weighted by atomic mass is 32.1. The minimum atomic E-state index is -4.72. The molecule has 1 aliphatic heterocycles. The Morgan fingerprint density at radius 3 is 2.33 bits per heavy atom. The highest BCUT2D eigenvalue weighted by Crippen LogP contribution is 2.42. The maximum atomic E-state index is 13.9. The molecule has 0 bridgehead atoms. The van der Waals surface area contributed by atoms with Gasteiger partial charge in [-0.2, -0.15) is 13.2 Å². The Bertz CT molecular complexity index is 1200. The minimum Gasteiger partial charge on any atom is -0.389 e. The van der Waals surface area contributed by atoms with E-state index in [1.165, 1.54) is 20.9 Å². The predicted molar refractivity (Wildman–Crippen MR) is 142 cm³/mol. The summed E-state index contributed by atoms with van der Waals surface area (Å²) in [6.07, 6.45) is -0.475. The summed E-state index contributed by atoms with van der Waals surface area (Å²) in [7, 11) is 1.45. The second kappa shape index (κ2) is 12.3. The van der Waals surface area contributed by atoms with E-state index in [9.17, 15) is 36.6 Å². The van der Waals surface area contributed by atoms with Gasteiger partial charge >= 0.3 is 6.18 Å². The largest absolute Gasteiger partial charge is 0.417 e. The van der Waals surface area contributed by atoms with Gasteiger partial charge in [-0.05, 0) is 52.5 Å². The summed E-state index contributed by atoms with van der Waals surface area (Å²) in [6.45, 7) is 5.21. The number of alkyl halides is 5. The fraction of sp³-hybridized carbons (Fsp3) is 0.615. The standard InChI is InChI=1S/C21H26F3N5O3S.C5H8F2/c1-11-6-5-7-29(11)19(31)15-16(33-18(28-15)17(30)27-10-20(2,3)32)12-9-26-14(25-4)8-13(12)21(22,23)24;6-5(7)3-1-2-4-5/h8-9,11,32H,5-7,10H2,1-4H3,(H,25,26)(H,27,30);1-4H2. The summed E-state index contributed by atoms with van der Waals surface area (Å²) in [5.41, 5.74) is -2.73. The molecular formula is C26H34F5N5O3S. The van der Waals surface area contributed by atoms with Crippen LogP contribution >= 0.6 is 11.3 Å². The van der Waals surface area contributed by atoms with Crippen LogP contribution in [0.2, 0.25) is 0 Å². The van der Waals surface area contributed by atoms with E-state index in [1.807, 2.05) is 6.92 Å². The summed E-state index contributed by atoms with van der Waals surface area (Å²) >= 11 is 0.691. The zero-order chi connectivity index (χ0) is 29.9. The number of aromatic nitrogens is 2. The Morgan fingerprint density at radius 1 is 1.20 bits per heavy atom. The number of amides is 2. The number of carbonyl (C=O) groups excluding carboxylic acids is 2. The van der Waals surface area contributed by atoms with Crippen LogP contribution < -0.4 is 10.6 Å². The lowest BCUT2D eigenvalue weighted by molar-refractivity contribution is -0.137. The molecule has 0 aromatic carbocycles. The van der Waals surface area contributed by atoms with Crippen LogP contribution in [-0.2, 0) is 6.18 Å². The summed E-state index contributed by atoms with van der Waals surface area (Å²) < 4.78 is 65.6. The van der Waals surface area contributed by atoms with Crippen molar-refractivity contribution >= 4 is 29.0 Å². The molecule has 3 N–H and O–H groups in total. The van der Waals surface area contributed by atoms with Gasteiger partial charge in [-0.1, -0.05) is 0 Å². The Morgan fingerprint density at radius 2 is 1.85 bits per heavy atom. The number of halogens is 5. The van der Waals surface area contributed by atoms with Crippen LogP contribution in [0.3, 0.4) is 0 Å². The Balaban J connectivity index is 0.000000547. The Kier molecular flexibility index (Phi) is 9.76. The van der Waals surface area contributed by atoms with Crippen molar-refractivity contribution in [1.29, 1.82) is 0 Å². The number of anilines is 1. The smallest absolute Gasteiger partial charge is 0.389 e. The molecule has 1 unspecified atom stereocenters. The molecule has 2 fully saturated rings. The molecule has 0 radical (unpaired) electrons. The number of likely N-dealkylation sites (tertiary alicyclic amines) is 1. The zero-order valence-corrected chi connectivity index (χ0v) is 23.6. The van der Waals surface area contributed by atoms with Crippen molar-refractivity contribution < 1.29 is 36.6 Å². The van der Waals surface area contributed by atoms with Gasteiger partial charge in [0.2, 0.25) is 5.92 Å². The van der Waals surface area contributed by atoms with Crippen LogP contribution in [0.25, 0.3) is 10.4 Å². The number of nitrogens with zero attached hydrogens (tertiary/aromatic N) is 3. The van der Waals surface area contributed by atoms with Gasteiger partial charge in [-0.25, -0.2) is 18.7 Å². The normalized spacial score (nSPS) is 18.8. The monoisotopic (exact) mass is 591 g/mol. The molecule has 222 valence electrons. The lowest BCUT2D eigenvalue weighted by Gasteiger charge is -2.21. The number of hydrogen-bond donors (Lipinski definition) is 3. The molecule has 2 aromatic heterocycles.